The van der Waals surface area contributed by atoms with Crippen LogP contribution < -0.4 is 9.16 Å². The van der Waals surface area contributed by atoms with Crippen LogP contribution in [-0.2, 0) is 6.42 Å². The Labute approximate surface area is 238 Å². The van der Waals surface area contributed by atoms with Crippen LogP contribution in [0.5, 0.6) is 11.5 Å². The first kappa shape index (κ1) is 28.9. The van der Waals surface area contributed by atoms with Crippen molar-refractivity contribution in [3.05, 3.63) is 94.8 Å². The smallest absolute Gasteiger partial charge is 0.258 e. The highest BCUT2D eigenvalue weighted by molar-refractivity contribution is 9.09. The van der Waals surface area contributed by atoms with E-state index < -0.39 is 8.32 Å². The van der Waals surface area contributed by atoms with Crippen LogP contribution >= 0.6 is 15.9 Å². The highest BCUT2D eigenvalue weighted by atomic mass is 79.9. The van der Waals surface area contributed by atoms with E-state index in [-0.39, 0.29) is 17.7 Å². The number of hydrogen-bond donors (Lipinski definition) is 0. The molecule has 204 valence electrons. The van der Waals surface area contributed by atoms with Gasteiger partial charge in [-0.2, -0.15) is 0 Å². The molecule has 0 heterocycles. The molecule has 0 saturated carbocycles. The summed E-state index contributed by atoms with van der Waals surface area (Å²) in [6, 6.07) is 22.4. The zero-order valence-corrected chi connectivity index (χ0v) is 26.2. The van der Waals surface area contributed by atoms with Gasteiger partial charge in [-0.1, -0.05) is 87.8 Å². The number of rotatable bonds is 10. The highest BCUT2D eigenvalue weighted by Gasteiger charge is 2.47. The van der Waals surface area contributed by atoms with E-state index in [9.17, 15) is 4.39 Å². The molecule has 1 aliphatic carbocycles. The zero-order chi connectivity index (χ0) is 27.4. The quantitative estimate of drug-likeness (QED) is 0.171. The van der Waals surface area contributed by atoms with Crippen LogP contribution in [0, 0.1) is 5.82 Å². The van der Waals surface area contributed by atoms with Crippen molar-refractivity contribution < 1.29 is 13.6 Å². The van der Waals surface area contributed by atoms with E-state index in [2.05, 4.69) is 99.9 Å². The van der Waals surface area contributed by atoms with Gasteiger partial charge in [0.05, 0.1) is 6.61 Å². The van der Waals surface area contributed by atoms with E-state index in [1.165, 1.54) is 22.3 Å². The fourth-order valence-electron chi connectivity index (χ4n) is 6.83. The van der Waals surface area contributed by atoms with Gasteiger partial charge in [-0.3, -0.25) is 0 Å². The average Bonchev–Trinajstić information content (AvgIpc) is 2.90. The summed E-state index contributed by atoms with van der Waals surface area (Å²) in [4.78, 5) is 0. The van der Waals surface area contributed by atoms with Gasteiger partial charge in [0.15, 0.2) is 0 Å². The lowest BCUT2D eigenvalue weighted by Gasteiger charge is -2.42. The maximum atomic E-state index is 13.8. The number of ether oxygens (including phenoxy) is 1. The Kier molecular flexibility index (Phi) is 9.41. The van der Waals surface area contributed by atoms with Crippen molar-refractivity contribution in [2.75, 3.05) is 11.9 Å². The number of fused-ring (bicyclic) bond motifs is 1. The SMILES string of the molecule is CC(C)[Si](Oc1ccc2c(c1)CCC(c1ccc(F)cc1)C2c1ccc(OCCBr)cc1)(C(C)C)C(C)C. The Morgan fingerprint density at radius 2 is 1.39 bits per heavy atom. The fraction of sp³-hybridized carbons (Fsp3) is 0.455. The molecule has 38 heavy (non-hydrogen) atoms. The molecule has 0 bridgehead atoms. The highest BCUT2D eigenvalue weighted by Crippen LogP contribution is 2.48. The molecule has 0 radical (unpaired) electrons. The van der Waals surface area contributed by atoms with E-state index in [0.717, 1.165) is 29.7 Å². The van der Waals surface area contributed by atoms with Crippen LogP contribution in [0.4, 0.5) is 4.39 Å². The van der Waals surface area contributed by atoms with Crippen LogP contribution in [0.15, 0.2) is 66.7 Å². The molecule has 2 unspecified atom stereocenters. The van der Waals surface area contributed by atoms with Gasteiger partial charge in [-0.15, -0.1) is 0 Å². The molecule has 0 aromatic heterocycles. The summed E-state index contributed by atoms with van der Waals surface area (Å²) in [5, 5.41) is 0.802. The second kappa shape index (κ2) is 12.4. The van der Waals surface area contributed by atoms with Crippen molar-refractivity contribution in [3.63, 3.8) is 0 Å². The molecule has 3 aromatic rings. The molecule has 3 aromatic carbocycles. The van der Waals surface area contributed by atoms with Gasteiger partial charge in [-0.25, -0.2) is 4.39 Å². The molecule has 0 N–H and O–H groups in total. The molecule has 1 aliphatic rings. The van der Waals surface area contributed by atoms with Crippen LogP contribution in [0.1, 0.15) is 82.1 Å². The van der Waals surface area contributed by atoms with Crippen LogP contribution in [0.2, 0.25) is 16.6 Å². The number of benzene rings is 3. The molecular formula is C33H42BrFO2Si. The summed E-state index contributed by atoms with van der Waals surface area (Å²) in [5.41, 5.74) is 6.74. The van der Waals surface area contributed by atoms with Crippen LogP contribution in [0.3, 0.4) is 0 Å². The third-order valence-corrected chi connectivity index (χ3v) is 14.8. The van der Waals surface area contributed by atoms with E-state index >= 15 is 0 Å². The monoisotopic (exact) mass is 596 g/mol. The molecule has 0 spiro atoms. The van der Waals surface area contributed by atoms with E-state index in [1.54, 1.807) is 12.1 Å². The number of aryl methyl sites for hydroxylation is 1. The third-order valence-electron chi connectivity index (χ3n) is 8.46. The van der Waals surface area contributed by atoms with Gasteiger partial charge in [0.2, 0.25) is 0 Å². The first-order valence-electron chi connectivity index (χ1n) is 14.0. The molecule has 2 atom stereocenters. The van der Waals surface area contributed by atoms with Crippen LogP contribution in [0.25, 0.3) is 0 Å². The van der Waals surface area contributed by atoms with Gasteiger partial charge in [-0.05, 0) is 94.0 Å². The average molecular weight is 598 g/mol. The van der Waals surface area contributed by atoms with Crippen molar-refractivity contribution in [2.24, 2.45) is 0 Å². The summed E-state index contributed by atoms with van der Waals surface area (Å²) in [7, 11) is -2.04. The van der Waals surface area contributed by atoms with Crippen molar-refractivity contribution in [3.8, 4) is 11.5 Å². The molecule has 0 fully saturated rings. The summed E-state index contributed by atoms with van der Waals surface area (Å²) in [6.45, 7) is 14.6. The lowest BCUT2D eigenvalue weighted by Crippen LogP contribution is -2.50. The minimum Gasteiger partial charge on any atom is -0.543 e. The standard InChI is InChI=1S/C33H42BrFO2Si/c1-22(2)38(23(3)4,24(5)6)37-30-16-18-32-27(21-30)11-17-31(25-7-12-28(35)13-8-25)33(32)26-9-14-29(15-10-26)36-20-19-34/h7-10,12-16,18,21-24,31,33H,11,17,19-20H2,1-6H3. The number of alkyl halides is 1. The molecule has 0 aliphatic heterocycles. The molecule has 0 amide bonds. The van der Waals surface area contributed by atoms with Gasteiger partial charge in [0, 0.05) is 11.2 Å². The maximum absolute atomic E-state index is 13.8. The molecule has 4 rings (SSSR count). The summed E-state index contributed by atoms with van der Waals surface area (Å²) < 4.78 is 26.6. The summed E-state index contributed by atoms with van der Waals surface area (Å²) in [6.07, 6.45) is 1.99. The molecule has 5 heteroatoms. The van der Waals surface area contributed by atoms with Gasteiger partial charge >= 0.3 is 0 Å². The Balaban J connectivity index is 1.74. The number of halogens is 2. The topological polar surface area (TPSA) is 18.5 Å². The molecule has 0 saturated heterocycles. The van der Waals surface area contributed by atoms with Crippen LogP contribution in [-0.4, -0.2) is 20.3 Å². The fourth-order valence-corrected chi connectivity index (χ4v) is 12.2. The Hall–Kier alpha value is -2.11. The van der Waals surface area contributed by atoms with Crippen molar-refractivity contribution in [2.45, 2.75) is 82.8 Å². The normalized spacial score (nSPS) is 17.7. The van der Waals surface area contributed by atoms with Crippen molar-refractivity contribution in [1.29, 1.82) is 0 Å². The van der Waals surface area contributed by atoms with Crippen molar-refractivity contribution >= 4 is 24.2 Å². The number of hydrogen-bond acceptors (Lipinski definition) is 2. The van der Waals surface area contributed by atoms with E-state index in [4.69, 9.17) is 9.16 Å². The largest absolute Gasteiger partial charge is 0.543 e. The molecular weight excluding hydrogens is 555 g/mol. The summed E-state index contributed by atoms with van der Waals surface area (Å²) in [5.74, 6) is 2.17. The second-order valence-corrected chi connectivity index (χ2v) is 17.7. The summed E-state index contributed by atoms with van der Waals surface area (Å²) >= 11 is 3.43. The minimum absolute atomic E-state index is 0.186. The molecule has 2 nitrogen and oxygen atoms in total. The maximum Gasteiger partial charge on any atom is 0.258 e. The van der Waals surface area contributed by atoms with E-state index in [1.807, 2.05) is 12.1 Å². The predicted molar refractivity (Wildman–Crippen MR) is 163 cm³/mol. The predicted octanol–water partition coefficient (Wildman–Crippen LogP) is 10.0. The zero-order valence-electron chi connectivity index (χ0n) is 23.6. The van der Waals surface area contributed by atoms with Gasteiger partial charge in [0.25, 0.3) is 8.32 Å². The first-order chi connectivity index (χ1) is 18.2. The van der Waals surface area contributed by atoms with Crippen molar-refractivity contribution in [1.82, 2.24) is 0 Å². The Morgan fingerprint density at radius 3 is 1.97 bits per heavy atom. The Bertz CT molecular complexity index is 1170. The lowest BCUT2D eigenvalue weighted by molar-refractivity contribution is 0.345. The van der Waals surface area contributed by atoms with Gasteiger partial charge < -0.3 is 9.16 Å². The minimum atomic E-state index is -2.04. The Morgan fingerprint density at radius 1 is 0.816 bits per heavy atom. The second-order valence-electron chi connectivity index (χ2n) is 11.6. The van der Waals surface area contributed by atoms with Gasteiger partial charge in [0.1, 0.15) is 17.3 Å². The lowest BCUT2D eigenvalue weighted by atomic mass is 9.69. The first-order valence-corrected chi connectivity index (χ1v) is 17.3. The third kappa shape index (κ3) is 5.89. The van der Waals surface area contributed by atoms with E-state index in [0.29, 0.717) is 23.2 Å².